The number of benzene rings is 2. The van der Waals surface area contributed by atoms with Crippen molar-refractivity contribution < 1.29 is 8.42 Å². The molecule has 148 valence electrons. The minimum absolute atomic E-state index is 0.0599. The van der Waals surface area contributed by atoms with E-state index >= 15 is 0 Å². The van der Waals surface area contributed by atoms with E-state index in [0.29, 0.717) is 13.0 Å². The molecule has 28 heavy (non-hydrogen) atoms. The normalized spacial score (nSPS) is 12.4. The lowest BCUT2D eigenvalue weighted by molar-refractivity contribution is 0.452. The van der Waals surface area contributed by atoms with Crippen LogP contribution in [0.25, 0.3) is 6.08 Å². The maximum Gasteiger partial charge on any atom is 0.243 e. The van der Waals surface area contributed by atoms with Crippen LogP contribution in [0.2, 0.25) is 0 Å². The summed E-state index contributed by atoms with van der Waals surface area (Å²) in [6, 6.07) is 15.3. The van der Waals surface area contributed by atoms with Gasteiger partial charge in [0.15, 0.2) is 0 Å². The average Bonchev–Trinajstić information content (AvgIpc) is 2.64. The van der Waals surface area contributed by atoms with Gasteiger partial charge in [-0.05, 0) is 42.0 Å². The van der Waals surface area contributed by atoms with E-state index in [1.54, 1.807) is 24.3 Å². The molecule has 0 fully saturated rings. The summed E-state index contributed by atoms with van der Waals surface area (Å²) in [6.45, 7) is 8.89. The van der Waals surface area contributed by atoms with Crippen molar-refractivity contribution in [1.82, 2.24) is 4.31 Å². The molecule has 0 N–H and O–H groups in total. The van der Waals surface area contributed by atoms with Crippen LogP contribution in [0.5, 0.6) is 0 Å². The Morgan fingerprint density at radius 1 is 1.04 bits per heavy atom. The van der Waals surface area contributed by atoms with Gasteiger partial charge >= 0.3 is 0 Å². The molecule has 0 aliphatic carbocycles. The molecule has 0 radical (unpaired) electrons. The molecule has 0 spiro atoms. The molecule has 0 heterocycles. The lowest BCUT2D eigenvalue weighted by Gasteiger charge is -2.19. The van der Waals surface area contributed by atoms with E-state index in [1.165, 1.54) is 9.87 Å². The molecule has 0 amide bonds. The summed E-state index contributed by atoms with van der Waals surface area (Å²) in [4.78, 5) is 0.273. The van der Waals surface area contributed by atoms with Gasteiger partial charge in [0.25, 0.3) is 0 Å². The number of hydrogen-bond donors (Lipinski definition) is 0. The van der Waals surface area contributed by atoms with Crippen molar-refractivity contribution in [2.75, 3.05) is 13.1 Å². The van der Waals surface area contributed by atoms with Crippen molar-refractivity contribution >= 4 is 16.1 Å². The maximum absolute atomic E-state index is 12.8. The summed E-state index contributed by atoms with van der Waals surface area (Å²) in [7, 11) is -3.59. The van der Waals surface area contributed by atoms with Crippen LogP contribution in [-0.4, -0.2) is 25.8 Å². The van der Waals surface area contributed by atoms with Crippen LogP contribution in [-0.2, 0) is 15.4 Å². The SMILES string of the molecule is C#CCN(CC/C=C/c1ccc(C(C)(C)C)cc1)S(=O)(=O)c1ccc(C)cc1. The predicted octanol–water partition coefficient (Wildman–Crippen LogP) is 5.02. The van der Waals surface area contributed by atoms with Gasteiger partial charge in [-0.2, -0.15) is 4.31 Å². The van der Waals surface area contributed by atoms with Crippen molar-refractivity contribution in [2.24, 2.45) is 0 Å². The number of terminal acetylenes is 1. The van der Waals surface area contributed by atoms with E-state index in [4.69, 9.17) is 6.42 Å². The van der Waals surface area contributed by atoms with E-state index in [9.17, 15) is 8.42 Å². The number of nitrogens with zero attached hydrogens (tertiary/aromatic N) is 1. The van der Waals surface area contributed by atoms with E-state index in [2.05, 4.69) is 51.0 Å². The Balaban J connectivity index is 2.04. The van der Waals surface area contributed by atoms with E-state index in [-0.39, 0.29) is 16.9 Å². The molecule has 4 heteroatoms. The summed E-state index contributed by atoms with van der Waals surface area (Å²) >= 11 is 0. The summed E-state index contributed by atoms with van der Waals surface area (Å²) < 4.78 is 27.0. The number of rotatable bonds is 7. The third kappa shape index (κ3) is 5.82. The molecule has 0 atom stereocenters. The molecule has 0 aliphatic rings. The highest BCUT2D eigenvalue weighted by Gasteiger charge is 2.22. The van der Waals surface area contributed by atoms with Gasteiger partial charge in [-0.25, -0.2) is 8.42 Å². The molecule has 0 saturated carbocycles. The predicted molar refractivity (Wildman–Crippen MR) is 118 cm³/mol. The smallest absolute Gasteiger partial charge is 0.207 e. The number of hydrogen-bond acceptors (Lipinski definition) is 2. The number of aryl methyl sites for hydroxylation is 1. The molecule has 2 aromatic carbocycles. The summed E-state index contributed by atoms with van der Waals surface area (Å²) in [5.41, 5.74) is 3.53. The van der Waals surface area contributed by atoms with Crippen LogP contribution in [0.3, 0.4) is 0 Å². The molecule has 0 aromatic heterocycles. The highest BCUT2D eigenvalue weighted by atomic mass is 32.2. The Labute approximate surface area is 170 Å². The molecule has 0 unspecified atom stereocenters. The van der Waals surface area contributed by atoms with Crippen LogP contribution in [0, 0.1) is 19.3 Å². The molecule has 0 bridgehead atoms. The maximum atomic E-state index is 12.8. The standard InChI is InChI=1S/C24H29NO2S/c1-6-18-25(28(26,27)23-16-10-20(2)11-17-23)19-8-7-9-21-12-14-22(15-13-21)24(3,4)5/h1,7,9-17H,8,18-19H2,2-5H3/b9-7+. The van der Waals surface area contributed by atoms with Gasteiger partial charge < -0.3 is 0 Å². The van der Waals surface area contributed by atoms with Gasteiger partial charge in [0.05, 0.1) is 11.4 Å². The first-order valence-corrected chi connectivity index (χ1v) is 10.9. The zero-order chi connectivity index (χ0) is 20.8. The molecular weight excluding hydrogens is 366 g/mol. The van der Waals surface area contributed by atoms with E-state index < -0.39 is 10.0 Å². The fourth-order valence-corrected chi connectivity index (χ4v) is 4.15. The highest BCUT2D eigenvalue weighted by Crippen LogP contribution is 2.22. The Bertz CT molecular complexity index is 942. The third-order valence-corrected chi connectivity index (χ3v) is 6.42. The van der Waals surface area contributed by atoms with Crippen LogP contribution in [0.4, 0.5) is 0 Å². The molecule has 3 nitrogen and oxygen atoms in total. The fourth-order valence-electron chi connectivity index (χ4n) is 2.78. The van der Waals surface area contributed by atoms with E-state index in [1.807, 2.05) is 19.1 Å². The van der Waals surface area contributed by atoms with Gasteiger partial charge in [0.2, 0.25) is 10.0 Å². The molecule has 2 aromatic rings. The first-order valence-electron chi connectivity index (χ1n) is 9.42. The van der Waals surface area contributed by atoms with Crippen molar-refractivity contribution in [3.8, 4) is 12.3 Å². The first kappa shape index (κ1) is 21.9. The second-order valence-corrected chi connectivity index (χ2v) is 9.86. The Hall–Kier alpha value is -2.35. The average molecular weight is 396 g/mol. The highest BCUT2D eigenvalue weighted by molar-refractivity contribution is 7.89. The lowest BCUT2D eigenvalue weighted by atomic mass is 9.87. The summed E-state index contributed by atoms with van der Waals surface area (Å²) in [6.07, 6.45) is 9.99. The third-order valence-electron chi connectivity index (χ3n) is 4.56. The second kappa shape index (κ2) is 9.23. The zero-order valence-electron chi connectivity index (χ0n) is 17.1. The Morgan fingerprint density at radius 3 is 2.18 bits per heavy atom. The van der Waals surface area contributed by atoms with Crippen molar-refractivity contribution in [2.45, 2.75) is 44.4 Å². The molecular formula is C24H29NO2S. The van der Waals surface area contributed by atoms with Crippen LogP contribution >= 0.6 is 0 Å². The van der Waals surface area contributed by atoms with Crippen LogP contribution < -0.4 is 0 Å². The van der Waals surface area contributed by atoms with Crippen molar-refractivity contribution in [3.63, 3.8) is 0 Å². The fraction of sp³-hybridized carbons (Fsp3) is 0.333. The van der Waals surface area contributed by atoms with Crippen LogP contribution in [0.15, 0.2) is 59.5 Å². The summed E-state index contributed by atoms with van der Waals surface area (Å²) in [5, 5.41) is 0. The van der Waals surface area contributed by atoms with Crippen LogP contribution in [0.1, 0.15) is 43.9 Å². The number of sulfonamides is 1. The van der Waals surface area contributed by atoms with Gasteiger partial charge in [0, 0.05) is 6.54 Å². The van der Waals surface area contributed by atoms with Gasteiger partial charge in [-0.3, -0.25) is 0 Å². The van der Waals surface area contributed by atoms with Crippen molar-refractivity contribution in [3.05, 3.63) is 71.3 Å². The molecule has 0 aliphatic heterocycles. The summed E-state index contributed by atoms with van der Waals surface area (Å²) in [5.74, 6) is 2.46. The monoisotopic (exact) mass is 395 g/mol. The largest absolute Gasteiger partial charge is 0.243 e. The minimum atomic E-state index is -3.59. The van der Waals surface area contributed by atoms with Gasteiger partial charge in [-0.15, -0.1) is 6.42 Å². The molecule has 0 saturated heterocycles. The quantitative estimate of drug-likeness (QED) is 0.617. The van der Waals surface area contributed by atoms with Gasteiger partial charge in [0.1, 0.15) is 0 Å². The topological polar surface area (TPSA) is 37.4 Å². The second-order valence-electron chi connectivity index (χ2n) is 7.92. The Morgan fingerprint density at radius 2 is 1.64 bits per heavy atom. The van der Waals surface area contributed by atoms with Crippen molar-refractivity contribution in [1.29, 1.82) is 0 Å². The zero-order valence-corrected chi connectivity index (χ0v) is 18.0. The van der Waals surface area contributed by atoms with Gasteiger partial charge in [-0.1, -0.05) is 80.8 Å². The Kier molecular flexibility index (Phi) is 7.23. The minimum Gasteiger partial charge on any atom is -0.207 e. The lowest BCUT2D eigenvalue weighted by Crippen LogP contribution is -2.32. The molecule has 2 rings (SSSR count). The first-order chi connectivity index (χ1) is 13.1. The van der Waals surface area contributed by atoms with E-state index in [0.717, 1.165) is 11.1 Å².